The molecule has 136 valence electrons. The monoisotopic (exact) mass is 343 g/mol. The molecule has 2 aliphatic heterocycles. The molecule has 0 saturated carbocycles. The Balaban J connectivity index is 1.47. The van der Waals surface area contributed by atoms with Gasteiger partial charge in [0.1, 0.15) is 0 Å². The third kappa shape index (κ3) is 4.40. The summed E-state index contributed by atoms with van der Waals surface area (Å²) in [5.41, 5.74) is 6.78. The first-order valence-corrected chi connectivity index (χ1v) is 9.40. The van der Waals surface area contributed by atoms with Crippen LogP contribution in [0.25, 0.3) is 0 Å². The minimum Gasteiger partial charge on any atom is -0.369 e. The van der Waals surface area contributed by atoms with Crippen molar-refractivity contribution in [2.75, 3.05) is 26.2 Å². The molecular formula is C20H29N3O2. The van der Waals surface area contributed by atoms with Crippen LogP contribution in [-0.4, -0.2) is 53.8 Å². The lowest BCUT2D eigenvalue weighted by atomic mass is 9.90. The molecule has 2 N–H and O–H groups in total. The van der Waals surface area contributed by atoms with Crippen LogP contribution in [0.15, 0.2) is 30.3 Å². The van der Waals surface area contributed by atoms with Gasteiger partial charge in [0, 0.05) is 19.6 Å². The van der Waals surface area contributed by atoms with Gasteiger partial charge in [-0.3, -0.25) is 14.5 Å². The number of carbonyl (C=O) groups excluding carboxylic acids is 2. The minimum atomic E-state index is -0.246. The van der Waals surface area contributed by atoms with E-state index in [2.05, 4.69) is 29.2 Å². The van der Waals surface area contributed by atoms with E-state index in [0.717, 1.165) is 45.3 Å². The topological polar surface area (TPSA) is 66.6 Å². The van der Waals surface area contributed by atoms with Gasteiger partial charge >= 0.3 is 0 Å². The third-order valence-corrected chi connectivity index (χ3v) is 5.82. The Morgan fingerprint density at radius 1 is 1.12 bits per heavy atom. The molecule has 25 heavy (non-hydrogen) atoms. The number of primary amides is 1. The van der Waals surface area contributed by atoms with Crippen LogP contribution in [0.4, 0.5) is 0 Å². The summed E-state index contributed by atoms with van der Waals surface area (Å²) in [6, 6.07) is 10.4. The van der Waals surface area contributed by atoms with Crippen LogP contribution >= 0.6 is 0 Å². The highest BCUT2D eigenvalue weighted by molar-refractivity contribution is 5.82. The fourth-order valence-corrected chi connectivity index (χ4v) is 4.10. The molecule has 0 unspecified atom stereocenters. The molecule has 0 aliphatic carbocycles. The smallest absolute Gasteiger partial charge is 0.239 e. The average Bonchev–Trinajstić information content (AvgIpc) is 3.12. The summed E-state index contributed by atoms with van der Waals surface area (Å²) in [6.07, 6.45) is 4.01. The van der Waals surface area contributed by atoms with E-state index in [4.69, 9.17) is 5.73 Å². The quantitative estimate of drug-likeness (QED) is 0.884. The van der Waals surface area contributed by atoms with E-state index < -0.39 is 0 Å². The minimum absolute atomic E-state index is 0.105. The highest BCUT2D eigenvalue weighted by Crippen LogP contribution is 2.24. The number of likely N-dealkylation sites (tertiary alicyclic amines) is 2. The summed E-state index contributed by atoms with van der Waals surface area (Å²) in [5, 5.41) is 0. The van der Waals surface area contributed by atoms with Crippen LogP contribution in [0.3, 0.4) is 0 Å². The lowest BCUT2D eigenvalue weighted by molar-refractivity contribution is -0.137. The zero-order valence-electron chi connectivity index (χ0n) is 15.1. The molecular weight excluding hydrogens is 314 g/mol. The fourth-order valence-electron chi connectivity index (χ4n) is 4.10. The second-order valence-corrected chi connectivity index (χ2v) is 7.52. The summed E-state index contributed by atoms with van der Waals surface area (Å²) >= 11 is 0. The summed E-state index contributed by atoms with van der Waals surface area (Å²) in [7, 11) is 0. The maximum absolute atomic E-state index is 12.8. The molecule has 1 aromatic carbocycles. The van der Waals surface area contributed by atoms with E-state index in [1.807, 2.05) is 17.9 Å². The Kier molecular flexibility index (Phi) is 5.74. The Morgan fingerprint density at radius 2 is 1.80 bits per heavy atom. The van der Waals surface area contributed by atoms with Gasteiger partial charge in [-0.25, -0.2) is 0 Å². The van der Waals surface area contributed by atoms with E-state index in [1.165, 1.54) is 5.56 Å². The number of piperidine rings is 1. The predicted octanol–water partition coefficient (Wildman–Crippen LogP) is 1.66. The van der Waals surface area contributed by atoms with Gasteiger partial charge in [0.15, 0.2) is 0 Å². The van der Waals surface area contributed by atoms with Gasteiger partial charge in [-0.2, -0.15) is 0 Å². The van der Waals surface area contributed by atoms with Crippen molar-refractivity contribution in [2.45, 2.75) is 38.6 Å². The van der Waals surface area contributed by atoms with Crippen LogP contribution in [0.5, 0.6) is 0 Å². The first-order valence-electron chi connectivity index (χ1n) is 9.40. The maximum Gasteiger partial charge on any atom is 0.239 e. The Labute approximate surface area is 150 Å². The van der Waals surface area contributed by atoms with Gasteiger partial charge in [-0.1, -0.05) is 30.3 Å². The lowest BCUT2D eigenvalue weighted by Crippen LogP contribution is -2.49. The molecule has 0 aromatic heterocycles. The molecule has 5 heteroatoms. The Morgan fingerprint density at radius 3 is 2.40 bits per heavy atom. The summed E-state index contributed by atoms with van der Waals surface area (Å²) in [5.74, 6) is 0.506. The van der Waals surface area contributed by atoms with E-state index in [9.17, 15) is 9.59 Å². The first-order chi connectivity index (χ1) is 12.0. The number of carbonyl (C=O) groups is 2. The molecule has 0 spiro atoms. The fraction of sp³-hybridized carbons (Fsp3) is 0.600. The Hall–Kier alpha value is -1.88. The van der Waals surface area contributed by atoms with Crippen molar-refractivity contribution in [1.29, 1.82) is 0 Å². The van der Waals surface area contributed by atoms with E-state index in [0.29, 0.717) is 12.5 Å². The average molecular weight is 343 g/mol. The number of rotatable bonds is 5. The molecule has 3 rings (SSSR count). The maximum atomic E-state index is 12.8. The molecule has 2 atom stereocenters. The highest BCUT2D eigenvalue weighted by atomic mass is 16.2. The number of nitrogens with zero attached hydrogens (tertiary/aromatic N) is 2. The molecule has 2 saturated heterocycles. The zero-order valence-corrected chi connectivity index (χ0v) is 15.1. The summed E-state index contributed by atoms with van der Waals surface area (Å²) in [4.78, 5) is 28.2. The number of amides is 2. The van der Waals surface area contributed by atoms with Crippen LogP contribution in [-0.2, 0) is 16.0 Å². The van der Waals surface area contributed by atoms with Crippen LogP contribution < -0.4 is 5.73 Å². The molecule has 2 aliphatic rings. The zero-order chi connectivity index (χ0) is 17.8. The summed E-state index contributed by atoms with van der Waals surface area (Å²) in [6.45, 7) is 5.04. The van der Waals surface area contributed by atoms with E-state index in [-0.39, 0.29) is 23.8 Å². The number of hydrogen-bond acceptors (Lipinski definition) is 3. The van der Waals surface area contributed by atoms with Crippen molar-refractivity contribution in [2.24, 2.45) is 17.6 Å². The number of hydrogen-bond donors (Lipinski definition) is 1. The molecule has 2 fully saturated rings. The van der Waals surface area contributed by atoms with Gasteiger partial charge in [-0.15, -0.1) is 0 Å². The molecule has 0 radical (unpaired) electrons. The second kappa shape index (κ2) is 8.00. The molecule has 1 aromatic rings. The van der Waals surface area contributed by atoms with Crippen LogP contribution in [0.1, 0.15) is 31.7 Å². The first kappa shape index (κ1) is 17.9. The predicted molar refractivity (Wildman–Crippen MR) is 97.8 cm³/mol. The lowest BCUT2D eigenvalue weighted by Gasteiger charge is -2.35. The molecule has 2 amide bonds. The SMILES string of the molecule is C[C@@H](C(=O)N1CCC(Cc2ccccc2)CC1)N1CC[C@@H](C(N)=O)C1. The Bertz CT molecular complexity index is 596. The van der Waals surface area contributed by atoms with Crippen molar-refractivity contribution in [1.82, 2.24) is 9.80 Å². The van der Waals surface area contributed by atoms with E-state index >= 15 is 0 Å². The largest absolute Gasteiger partial charge is 0.369 e. The van der Waals surface area contributed by atoms with Crippen molar-refractivity contribution < 1.29 is 9.59 Å². The van der Waals surface area contributed by atoms with Gasteiger partial charge in [0.25, 0.3) is 0 Å². The molecule has 2 heterocycles. The van der Waals surface area contributed by atoms with Crippen LogP contribution in [0, 0.1) is 11.8 Å². The molecule has 0 bridgehead atoms. The number of benzene rings is 1. The van der Waals surface area contributed by atoms with E-state index in [1.54, 1.807) is 0 Å². The second-order valence-electron chi connectivity index (χ2n) is 7.52. The van der Waals surface area contributed by atoms with Crippen molar-refractivity contribution >= 4 is 11.8 Å². The van der Waals surface area contributed by atoms with Gasteiger partial charge in [0.05, 0.1) is 12.0 Å². The van der Waals surface area contributed by atoms with Crippen LogP contribution in [0.2, 0.25) is 0 Å². The van der Waals surface area contributed by atoms with Crippen molar-refractivity contribution in [3.63, 3.8) is 0 Å². The van der Waals surface area contributed by atoms with Gasteiger partial charge in [-0.05, 0) is 50.6 Å². The van der Waals surface area contributed by atoms with Gasteiger partial charge < -0.3 is 10.6 Å². The third-order valence-electron chi connectivity index (χ3n) is 5.82. The molecule has 5 nitrogen and oxygen atoms in total. The van der Waals surface area contributed by atoms with Crippen molar-refractivity contribution in [3.8, 4) is 0 Å². The normalized spacial score (nSPS) is 23.6. The van der Waals surface area contributed by atoms with Gasteiger partial charge in [0.2, 0.25) is 11.8 Å². The van der Waals surface area contributed by atoms with Crippen molar-refractivity contribution in [3.05, 3.63) is 35.9 Å². The highest BCUT2D eigenvalue weighted by Gasteiger charge is 2.34. The standard InChI is InChI=1S/C20H29N3O2/c1-15(23-12-9-18(14-23)19(21)24)20(25)22-10-7-17(8-11-22)13-16-5-3-2-4-6-16/h2-6,15,17-18H,7-14H2,1H3,(H2,21,24)/t15-,18+/m0/s1. The number of nitrogens with two attached hydrogens (primary N) is 1. The summed E-state index contributed by atoms with van der Waals surface area (Å²) < 4.78 is 0.